The van der Waals surface area contributed by atoms with Crippen molar-refractivity contribution >= 4 is 38.1 Å². The molecular weight excluding hydrogens is 470 g/mol. The second-order valence-electron chi connectivity index (χ2n) is 7.18. The minimum Gasteiger partial charge on any atom is -0.508 e. The fraction of sp³-hybridized carbons (Fsp3) is 0.333. The molecule has 30 heavy (non-hydrogen) atoms. The Morgan fingerprint density at radius 1 is 1.10 bits per heavy atom. The molecule has 1 fully saturated rings. The third kappa shape index (κ3) is 5.90. The number of halogens is 1. The van der Waals surface area contributed by atoms with Crippen LogP contribution in [0.2, 0.25) is 0 Å². The fourth-order valence-corrected chi connectivity index (χ4v) is 5.34. The van der Waals surface area contributed by atoms with Gasteiger partial charge in [0.15, 0.2) is 0 Å². The highest BCUT2D eigenvalue weighted by molar-refractivity contribution is 9.10. The molecule has 1 saturated carbocycles. The Kier molecular flexibility index (Phi) is 7.63. The SMILES string of the molecule is O=C(CN(C1CCCCC1)S(=O)(=O)c1ccc(Br)cc1)N/N=C\c1ccc(O)cc1. The first kappa shape index (κ1) is 22.5. The van der Waals surface area contributed by atoms with Crippen LogP contribution in [0.4, 0.5) is 0 Å². The fourth-order valence-electron chi connectivity index (χ4n) is 3.44. The molecule has 7 nitrogen and oxygen atoms in total. The maximum atomic E-state index is 13.3. The lowest BCUT2D eigenvalue weighted by molar-refractivity contribution is -0.121. The molecule has 0 aromatic heterocycles. The van der Waals surface area contributed by atoms with Crippen molar-refractivity contribution in [3.05, 3.63) is 58.6 Å². The van der Waals surface area contributed by atoms with Gasteiger partial charge in [0.2, 0.25) is 10.0 Å². The zero-order chi connectivity index (χ0) is 21.6. The molecule has 0 bridgehead atoms. The average molecular weight is 494 g/mol. The highest BCUT2D eigenvalue weighted by atomic mass is 79.9. The molecule has 160 valence electrons. The Hall–Kier alpha value is -2.23. The summed E-state index contributed by atoms with van der Waals surface area (Å²) in [6, 6.07) is 12.5. The summed E-state index contributed by atoms with van der Waals surface area (Å²) >= 11 is 3.32. The molecule has 1 amide bonds. The summed E-state index contributed by atoms with van der Waals surface area (Å²) in [6.07, 6.45) is 5.87. The Bertz CT molecular complexity index is 986. The van der Waals surface area contributed by atoms with E-state index in [0.29, 0.717) is 5.56 Å². The summed E-state index contributed by atoms with van der Waals surface area (Å²) in [4.78, 5) is 12.7. The Morgan fingerprint density at radius 2 is 1.73 bits per heavy atom. The maximum absolute atomic E-state index is 13.3. The van der Waals surface area contributed by atoms with Gasteiger partial charge in [-0.2, -0.15) is 9.41 Å². The molecule has 0 unspecified atom stereocenters. The smallest absolute Gasteiger partial charge is 0.255 e. The van der Waals surface area contributed by atoms with Crippen molar-refractivity contribution < 1.29 is 18.3 Å². The molecule has 2 aromatic carbocycles. The number of nitrogens with one attached hydrogen (secondary N) is 1. The summed E-state index contributed by atoms with van der Waals surface area (Å²) in [5, 5.41) is 13.2. The van der Waals surface area contributed by atoms with Crippen LogP contribution >= 0.6 is 15.9 Å². The highest BCUT2D eigenvalue weighted by Crippen LogP contribution is 2.28. The molecule has 0 radical (unpaired) electrons. The number of phenols is 1. The molecule has 0 atom stereocenters. The lowest BCUT2D eigenvalue weighted by Gasteiger charge is -2.32. The predicted molar refractivity (Wildman–Crippen MR) is 119 cm³/mol. The van der Waals surface area contributed by atoms with Crippen molar-refractivity contribution in [2.75, 3.05) is 6.54 Å². The number of rotatable bonds is 7. The van der Waals surface area contributed by atoms with Crippen LogP contribution in [-0.2, 0) is 14.8 Å². The molecule has 2 N–H and O–H groups in total. The normalized spacial score (nSPS) is 15.5. The van der Waals surface area contributed by atoms with Crippen molar-refractivity contribution in [2.24, 2.45) is 5.10 Å². The number of phenolic OH excluding ortho intramolecular Hbond substituents is 1. The Balaban J connectivity index is 1.74. The van der Waals surface area contributed by atoms with Gasteiger partial charge in [-0.25, -0.2) is 13.8 Å². The van der Waals surface area contributed by atoms with Crippen LogP contribution in [0.15, 0.2) is 63.0 Å². The van der Waals surface area contributed by atoms with Crippen LogP contribution in [0.25, 0.3) is 0 Å². The van der Waals surface area contributed by atoms with E-state index in [0.717, 1.165) is 36.6 Å². The van der Waals surface area contributed by atoms with Crippen molar-refractivity contribution in [3.63, 3.8) is 0 Å². The zero-order valence-electron chi connectivity index (χ0n) is 16.4. The van der Waals surface area contributed by atoms with Crippen molar-refractivity contribution in [1.82, 2.24) is 9.73 Å². The number of hydrogen-bond acceptors (Lipinski definition) is 5. The molecule has 0 spiro atoms. The van der Waals surface area contributed by atoms with Gasteiger partial charge in [-0.3, -0.25) is 4.79 Å². The van der Waals surface area contributed by atoms with E-state index in [9.17, 15) is 18.3 Å². The van der Waals surface area contributed by atoms with Crippen LogP contribution in [0.5, 0.6) is 5.75 Å². The summed E-state index contributed by atoms with van der Waals surface area (Å²) in [6.45, 7) is -0.296. The van der Waals surface area contributed by atoms with E-state index in [1.54, 1.807) is 24.3 Å². The number of nitrogens with zero attached hydrogens (tertiary/aromatic N) is 2. The Morgan fingerprint density at radius 3 is 2.37 bits per heavy atom. The second-order valence-corrected chi connectivity index (χ2v) is 9.99. The minimum absolute atomic E-state index is 0.137. The molecule has 1 aliphatic rings. The van der Waals surface area contributed by atoms with Gasteiger partial charge in [-0.1, -0.05) is 35.2 Å². The van der Waals surface area contributed by atoms with Gasteiger partial charge in [0.1, 0.15) is 5.75 Å². The van der Waals surface area contributed by atoms with Crippen LogP contribution < -0.4 is 5.43 Å². The van der Waals surface area contributed by atoms with Gasteiger partial charge in [0, 0.05) is 10.5 Å². The topological polar surface area (TPSA) is 99.1 Å². The van der Waals surface area contributed by atoms with Gasteiger partial charge in [0.25, 0.3) is 5.91 Å². The van der Waals surface area contributed by atoms with E-state index in [4.69, 9.17) is 0 Å². The third-order valence-electron chi connectivity index (χ3n) is 5.00. The van der Waals surface area contributed by atoms with E-state index in [1.165, 1.54) is 34.8 Å². The molecule has 9 heteroatoms. The molecule has 0 heterocycles. The number of aromatic hydroxyl groups is 1. The monoisotopic (exact) mass is 493 g/mol. The number of carbonyl (C=O) groups is 1. The maximum Gasteiger partial charge on any atom is 0.255 e. The van der Waals surface area contributed by atoms with E-state index >= 15 is 0 Å². The van der Waals surface area contributed by atoms with Crippen LogP contribution in [0.3, 0.4) is 0 Å². The number of hydrazone groups is 1. The molecule has 2 aromatic rings. The van der Waals surface area contributed by atoms with Crippen molar-refractivity contribution in [1.29, 1.82) is 0 Å². The first-order valence-electron chi connectivity index (χ1n) is 9.74. The lowest BCUT2D eigenvalue weighted by atomic mass is 9.95. The number of hydrogen-bond donors (Lipinski definition) is 2. The highest BCUT2D eigenvalue weighted by Gasteiger charge is 2.33. The van der Waals surface area contributed by atoms with Gasteiger partial charge in [-0.15, -0.1) is 0 Å². The van der Waals surface area contributed by atoms with Crippen molar-refractivity contribution in [2.45, 2.75) is 43.0 Å². The van der Waals surface area contributed by atoms with E-state index in [1.807, 2.05) is 0 Å². The van der Waals surface area contributed by atoms with Crippen LogP contribution in [-0.4, -0.2) is 42.5 Å². The summed E-state index contributed by atoms with van der Waals surface area (Å²) in [7, 11) is -3.82. The molecule has 0 aliphatic heterocycles. The summed E-state index contributed by atoms with van der Waals surface area (Å²) in [5.41, 5.74) is 3.10. The van der Waals surface area contributed by atoms with E-state index < -0.39 is 15.9 Å². The van der Waals surface area contributed by atoms with Gasteiger partial charge in [0.05, 0.1) is 17.7 Å². The van der Waals surface area contributed by atoms with E-state index in [2.05, 4.69) is 26.5 Å². The van der Waals surface area contributed by atoms with Crippen LogP contribution in [0.1, 0.15) is 37.7 Å². The molecule has 3 rings (SSSR count). The number of carbonyl (C=O) groups excluding carboxylic acids is 1. The summed E-state index contributed by atoms with van der Waals surface area (Å²) in [5.74, 6) is -0.367. The number of sulfonamides is 1. The largest absolute Gasteiger partial charge is 0.508 e. The lowest BCUT2D eigenvalue weighted by Crippen LogP contribution is -2.46. The van der Waals surface area contributed by atoms with Gasteiger partial charge < -0.3 is 5.11 Å². The molecule has 1 aliphatic carbocycles. The third-order valence-corrected chi connectivity index (χ3v) is 7.44. The molecule has 0 saturated heterocycles. The molecular formula is C21H24BrN3O4S. The Labute approximate surface area is 185 Å². The minimum atomic E-state index is -3.82. The van der Waals surface area contributed by atoms with E-state index in [-0.39, 0.29) is 23.2 Å². The average Bonchev–Trinajstić information content (AvgIpc) is 2.74. The van der Waals surface area contributed by atoms with Crippen molar-refractivity contribution in [3.8, 4) is 5.75 Å². The zero-order valence-corrected chi connectivity index (χ0v) is 18.8. The first-order chi connectivity index (χ1) is 14.4. The van der Waals surface area contributed by atoms with Gasteiger partial charge >= 0.3 is 0 Å². The second kappa shape index (κ2) is 10.2. The standard InChI is InChI=1S/C21H24BrN3O4S/c22-17-8-12-20(13-9-17)30(28,29)25(18-4-2-1-3-5-18)15-21(27)24-23-14-16-6-10-19(26)11-7-16/h6-14,18,26H,1-5,15H2,(H,24,27)/b23-14-. The van der Waals surface area contributed by atoms with Gasteiger partial charge in [-0.05, 0) is 66.9 Å². The first-order valence-corrected chi connectivity index (χ1v) is 12.0. The van der Waals surface area contributed by atoms with Crippen LogP contribution in [0, 0.1) is 0 Å². The number of benzene rings is 2. The quantitative estimate of drug-likeness (QED) is 0.454. The predicted octanol–water partition coefficient (Wildman–Crippen LogP) is 3.63. The number of amides is 1. The summed E-state index contributed by atoms with van der Waals surface area (Å²) < 4.78 is 28.6.